The predicted octanol–water partition coefficient (Wildman–Crippen LogP) is 2.04. The Morgan fingerprint density at radius 3 is 2.60 bits per heavy atom. The quantitative estimate of drug-likeness (QED) is 0.718. The van der Waals surface area contributed by atoms with Crippen LogP contribution < -0.4 is 5.56 Å². The van der Waals surface area contributed by atoms with Crippen molar-refractivity contribution in [1.29, 1.82) is 0 Å². The first-order chi connectivity index (χ1) is 7.11. The number of fused-ring (bicyclic) bond motifs is 1. The highest BCUT2D eigenvalue weighted by Gasteiger charge is 2.11. The van der Waals surface area contributed by atoms with Crippen molar-refractivity contribution in [1.82, 2.24) is 4.98 Å². The number of hydrogen-bond donors (Lipinski definition) is 1. The summed E-state index contributed by atoms with van der Waals surface area (Å²) < 4.78 is 0. The smallest absolute Gasteiger partial charge is 0.252 e. The number of pyridine rings is 1. The van der Waals surface area contributed by atoms with Crippen LogP contribution in [0.15, 0.2) is 29.1 Å². The van der Waals surface area contributed by atoms with E-state index in [-0.39, 0.29) is 11.3 Å². The highest BCUT2D eigenvalue weighted by molar-refractivity contribution is 6.07. The summed E-state index contributed by atoms with van der Waals surface area (Å²) in [5.74, 6) is -0.0743. The zero-order valence-corrected chi connectivity index (χ0v) is 8.63. The molecule has 0 saturated heterocycles. The molecule has 1 aromatic heterocycles. The van der Waals surface area contributed by atoms with Crippen LogP contribution in [0.25, 0.3) is 10.9 Å². The largest absolute Gasteiger partial charge is 0.322 e. The summed E-state index contributed by atoms with van der Waals surface area (Å²) in [4.78, 5) is 25.8. The zero-order chi connectivity index (χ0) is 11.0. The van der Waals surface area contributed by atoms with Crippen LogP contribution in [-0.2, 0) is 0 Å². The van der Waals surface area contributed by atoms with Gasteiger partial charge in [-0.3, -0.25) is 9.59 Å². The number of hydrogen-bond acceptors (Lipinski definition) is 2. The third kappa shape index (κ3) is 1.46. The van der Waals surface area contributed by atoms with Crippen LogP contribution in [0.4, 0.5) is 0 Å². The molecule has 2 rings (SSSR count). The van der Waals surface area contributed by atoms with E-state index in [1.54, 1.807) is 13.0 Å². The van der Waals surface area contributed by atoms with Gasteiger partial charge in [0, 0.05) is 22.0 Å². The summed E-state index contributed by atoms with van der Waals surface area (Å²) in [5.41, 5.74) is 1.52. The molecule has 0 aliphatic carbocycles. The van der Waals surface area contributed by atoms with E-state index in [4.69, 9.17) is 0 Å². The van der Waals surface area contributed by atoms with E-state index in [9.17, 15) is 9.59 Å². The Hall–Kier alpha value is -1.90. The molecule has 0 fully saturated rings. The lowest BCUT2D eigenvalue weighted by Crippen LogP contribution is -2.14. The summed E-state index contributed by atoms with van der Waals surface area (Å²) in [7, 11) is 0. The van der Waals surface area contributed by atoms with Gasteiger partial charge in [-0.2, -0.15) is 0 Å². The van der Waals surface area contributed by atoms with Gasteiger partial charge in [0.1, 0.15) is 0 Å². The zero-order valence-electron chi connectivity index (χ0n) is 8.63. The minimum absolute atomic E-state index is 0.0743. The molecule has 3 nitrogen and oxygen atoms in total. The SMILES string of the molecule is CC(=O)c1c(C)c(=O)[nH]c2ccccc12. The van der Waals surface area contributed by atoms with Crippen LogP contribution in [0, 0.1) is 6.92 Å². The van der Waals surface area contributed by atoms with Gasteiger partial charge in [0.15, 0.2) is 5.78 Å². The number of nitrogens with one attached hydrogen (secondary N) is 1. The molecule has 1 heterocycles. The van der Waals surface area contributed by atoms with Crippen LogP contribution in [0.5, 0.6) is 0 Å². The predicted molar refractivity (Wildman–Crippen MR) is 59.3 cm³/mol. The first-order valence-corrected chi connectivity index (χ1v) is 4.74. The summed E-state index contributed by atoms with van der Waals surface area (Å²) in [5, 5.41) is 0.808. The van der Waals surface area contributed by atoms with Crippen molar-refractivity contribution < 1.29 is 4.79 Å². The Morgan fingerprint density at radius 2 is 1.93 bits per heavy atom. The molecule has 1 N–H and O–H groups in total. The Bertz CT molecular complexity index is 596. The summed E-state index contributed by atoms with van der Waals surface area (Å²) >= 11 is 0. The second-order valence-corrected chi connectivity index (χ2v) is 3.56. The van der Waals surface area contributed by atoms with E-state index in [1.165, 1.54) is 6.92 Å². The number of para-hydroxylation sites is 1. The Balaban J connectivity index is 3.02. The van der Waals surface area contributed by atoms with Crippen molar-refractivity contribution in [2.45, 2.75) is 13.8 Å². The van der Waals surface area contributed by atoms with E-state index in [0.717, 1.165) is 5.39 Å². The lowest BCUT2D eigenvalue weighted by molar-refractivity contribution is 0.101. The van der Waals surface area contributed by atoms with Gasteiger partial charge in [0.2, 0.25) is 0 Å². The average Bonchev–Trinajstić information content (AvgIpc) is 2.19. The number of aromatic amines is 1. The Morgan fingerprint density at radius 1 is 1.27 bits per heavy atom. The molecular formula is C12H11NO2. The molecule has 76 valence electrons. The molecule has 3 heteroatoms. The Kier molecular flexibility index (Phi) is 2.15. The van der Waals surface area contributed by atoms with Crippen molar-refractivity contribution in [3.05, 3.63) is 45.7 Å². The van der Waals surface area contributed by atoms with Gasteiger partial charge < -0.3 is 4.98 Å². The molecule has 0 unspecified atom stereocenters. The molecule has 0 aliphatic rings. The number of Topliss-reactive ketones (excluding diaryl/α,β-unsaturated/α-hetero) is 1. The van der Waals surface area contributed by atoms with E-state index in [1.807, 2.05) is 18.2 Å². The molecule has 0 amide bonds. The van der Waals surface area contributed by atoms with E-state index in [0.29, 0.717) is 16.6 Å². The van der Waals surface area contributed by atoms with Gasteiger partial charge in [-0.05, 0) is 19.9 Å². The van der Waals surface area contributed by atoms with Crippen molar-refractivity contribution in [3.8, 4) is 0 Å². The standard InChI is InChI=1S/C12H11NO2/c1-7-11(8(2)14)9-5-3-4-6-10(9)13-12(7)15/h3-6H,1-2H3,(H,13,15). The highest BCUT2D eigenvalue weighted by Crippen LogP contribution is 2.17. The van der Waals surface area contributed by atoms with E-state index >= 15 is 0 Å². The van der Waals surface area contributed by atoms with Crippen molar-refractivity contribution in [2.75, 3.05) is 0 Å². The fraction of sp³-hybridized carbons (Fsp3) is 0.167. The second kappa shape index (κ2) is 3.35. The summed E-state index contributed by atoms with van der Waals surface area (Å²) in [6.45, 7) is 3.15. The van der Waals surface area contributed by atoms with Crippen molar-refractivity contribution in [3.63, 3.8) is 0 Å². The van der Waals surface area contributed by atoms with Crippen LogP contribution in [0.1, 0.15) is 22.8 Å². The molecule has 0 spiro atoms. The topological polar surface area (TPSA) is 49.9 Å². The molecule has 2 aromatic rings. The normalized spacial score (nSPS) is 10.5. The minimum Gasteiger partial charge on any atom is -0.322 e. The monoisotopic (exact) mass is 201 g/mol. The molecule has 0 atom stereocenters. The maximum Gasteiger partial charge on any atom is 0.252 e. The molecule has 1 aromatic carbocycles. The van der Waals surface area contributed by atoms with E-state index in [2.05, 4.69) is 4.98 Å². The van der Waals surface area contributed by atoms with Gasteiger partial charge >= 0.3 is 0 Å². The average molecular weight is 201 g/mol. The van der Waals surface area contributed by atoms with Crippen LogP contribution in [-0.4, -0.2) is 10.8 Å². The summed E-state index contributed by atoms with van der Waals surface area (Å²) in [6, 6.07) is 7.32. The van der Waals surface area contributed by atoms with Crippen LogP contribution in [0.2, 0.25) is 0 Å². The number of ketones is 1. The third-order valence-corrected chi connectivity index (χ3v) is 2.51. The van der Waals surface area contributed by atoms with Crippen molar-refractivity contribution in [2.24, 2.45) is 0 Å². The molecular weight excluding hydrogens is 190 g/mol. The number of aromatic nitrogens is 1. The molecule has 0 radical (unpaired) electrons. The maximum absolute atomic E-state index is 11.6. The van der Waals surface area contributed by atoms with Crippen LogP contribution in [0.3, 0.4) is 0 Å². The number of rotatable bonds is 1. The first-order valence-electron chi connectivity index (χ1n) is 4.74. The number of benzene rings is 1. The maximum atomic E-state index is 11.6. The van der Waals surface area contributed by atoms with E-state index < -0.39 is 0 Å². The van der Waals surface area contributed by atoms with Gasteiger partial charge in [0.25, 0.3) is 5.56 Å². The molecule has 15 heavy (non-hydrogen) atoms. The molecule has 0 aliphatic heterocycles. The fourth-order valence-electron chi connectivity index (χ4n) is 1.80. The van der Waals surface area contributed by atoms with Crippen LogP contribution >= 0.6 is 0 Å². The number of carbonyl (C=O) groups excluding carboxylic acids is 1. The summed E-state index contributed by atoms with van der Waals surface area (Å²) in [6.07, 6.45) is 0. The van der Waals surface area contributed by atoms with Gasteiger partial charge in [-0.15, -0.1) is 0 Å². The third-order valence-electron chi connectivity index (χ3n) is 2.51. The first kappa shape index (κ1) is 9.65. The highest BCUT2D eigenvalue weighted by atomic mass is 16.1. The van der Waals surface area contributed by atoms with Gasteiger partial charge in [0.05, 0.1) is 0 Å². The lowest BCUT2D eigenvalue weighted by Gasteiger charge is -2.05. The minimum atomic E-state index is -0.195. The number of H-pyrrole nitrogens is 1. The second-order valence-electron chi connectivity index (χ2n) is 3.56. The van der Waals surface area contributed by atoms with Gasteiger partial charge in [-0.1, -0.05) is 18.2 Å². The fourth-order valence-corrected chi connectivity index (χ4v) is 1.80. The molecule has 0 bridgehead atoms. The van der Waals surface area contributed by atoms with Gasteiger partial charge in [-0.25, -0.2) is 0 Å². The molecule has 0 saturated carbocycles. The lowest BCUT2D eigenvalue weighted by atomic mass is 10.0. The Labute approximate surface area is 86.8 Å². The number of carbonyl (C=O) groups is 1. The van der Waals surface area contributed by atoms with Crippen molar-refractivity contribution >= 4 is 16.7 Å².